The summed E-state index contributed by atoms with van der Waals surface area (Å²) >= 11 is 4.63. The monoisotopic (exact) mass is 407 g/mol. The van der Waals surface area contributed by atoms with E-state index < -0.39 is 0 Å². The Morgan fingerprint density at radius 2 is 2.00 bits per heavy atom. The average Bonchev–Trinajstić information content (AvgIpc) is 3.29. The third-order valence-corrected chi connectivity index (χ3v) is 7.06. The summed E-state index contributed by atoms with van der Waals surface area (Å²) in [6, 6.07) is 3.95. The number of furan rings is 1. The van der Waals surface area contributed by atoms with Crippen molar-refractivity contribution in [3.8, 4) is 21.8 Å². The first kappa shape index (κ1) is 19.2. The predicted molar refractivity (Wildman–Crippen MR) is 110 cm³/mol. The molecule has 3 aromatic rings. The molecule has 0 amide bonds. The van der Waals surface area contributed by atoms with E-state index in [0.717, 1.165) is 37.6 Å². The second-order valence-corrected chi connectivity index (χ2v) is 9.86. The van der Waals surface area contributed by atoms with Gasteiger partial charge in [0.05, 0.1) is 17.0 Å². The SMILES string of the molecule is COC(=O)c1cc(-c2nc(-c3cc(C(C)(C)C)oc3C)cs2)c(SC)s1. The number of methoxy groups -OCH3 is 1. The molecule has 0 radical (unpaired) electrons. The Kier molecular flexibility index (Phi) is 5.33. The normalized spacial score (nSPS) is 11.8. The molecule has 0 bridgehead atoms. The van der Waals surface area contributed by atoms with Gasteiger partial charge in [-0.05, 0) is 25.3 Å². The number of nitrogens with zero attached hydrogens (tertiary/aromatic N) is 1. The van der Waals surface area contributed by atoms with Gasteiger partial charge in [0.2, 0.25) is 0 Å². The molecule has 0 aliphatic rings. The van der Waals surface area contributed by atoms with Crippen LogP contribution in [0.2, 0.25) is 0 Å². The second-order valence-electron chi connectivity index (χ2n) is 6.88. The van der Waals surface area contributed by atoms with E-state index in [1.54, 1.807) is 23.1 Å². The third-order valence-electron chi connectivity index (χ3n) is 3.94. The van der Waals surface area contributed by atoms with Crippen LogP contribution in [0.15, 0.2) is 26.1 Å². The number of hydrogen-bond donors (Lipinski definition) is 0. The predicted octanol–water partition coefficient (Wildman–Crippen LogP) is 6.25. The number of carbonyl (C=O) groups is 1. The lowest BCUT2D eigenvalue weighted by Gasteiger charge is -2.13. The van der Waals surface area contributed by atoms with Crippen molar-refractivity contribution in [2.45, 2.75) is 37.3 Å². The van der Waals surface area contributed by atoms with E-state index in [1.807, 2.05) is 24.6 Å². The maximum atomic E-state index is 11.8. The average molecular weight is 408 g/mol. The second kappa shape index (κ2) is 7.21. The van der Waals surface area contributed by atoms with Gasteiger partial charge < -0.3 is 9.15 Å². The van der Waals surface area contributed by atoms with Crippen molar-refractivity contribution in [2.24, 2.45) is 0 Å². The summed E-state index contributed by atoms with van der Waals surface area (Å²) in [6.45, 7) is 8.36. The number of thioether (sulfide) groups is 1. The van der Waals surface area contributed by atoms with Gasteiger partial charge >= 0.3 is 5.97 Å². The molecule has 0 N–H and O–H groups in total. The maximum absolute atomic E-state index is 11.8. The zero-order valence-electron chi connectivity index (χ0n) is 15.6. The number of thiazole rings is 1. The van der Waals surface area contributed by atoms with Crippen molar-refractivity contribution in [1.29, 1.82) is 0 Å². The van der Waals surface area contributed by atoms with Crippen LogP contribution >= 0.6 is 34.4 Å². The smallest absolute Gasteiger partial charge is 0.348 e. The van der Waals surface area contributed by atoms with Gasteiger partial charge in [-0.3, -0.25) is 0 Å². The molecule has 4 nitrogen and oxygen atoms in total. The quantitative estimate of drug-likeness (QED) is 0.378. The molecule has 0 aromatic carbocycles. The highest BCUT2D eigenvalue weighted by Gasteiger charge is 2.23. The van der Waals surface area contributed by atoms with Crippen molar-refractivity contribution in [2.75, 3.05) is 13.4 Å². The van der Waals surface area contributed by atoms with Gasteiger partial charge in [-0.1, -0.05) is 20.8 Å². The Balaban J connectivity index is 2.00. The molecule has 138 valence electrons. The Bertz CT molecular complexity index is 944. The molecule has 0 aliphatic heterocycles. The number of aryl methyl sites for hydroxylation is 1. The number of thiophene rings is 1. The van der Waals surface area contributed by atoms with E-state index in [9.17, 15) is 4.79 Å². The molecule has 0 atom stereocenters. The topological polar surface area (TPSA) is 52.3 Å². The van der Waals surface area contributed by atoms with Gasteiger partial charge in [0, 0.05) is 21.9 Å². The first-order chi connectivity index (χ1) is 12.2. The van der Waals surface area contributed by atoms with Crippen LogP contribution in [-0.4, -0.2) is 24.3 Å². The van der Waals surface area contributed by atoms with Gasteiger partial charge in [-0.25, -0.2) is 9.78 Å². The van der Waals surface area contributed by atoms with Crippen LogP contribution < -0.4 is 0 Å². The van der Waals surface area contributed by atoms with E-state index in [0.29, 0.717) is 4.88 Å². The van der Waals surface area contributed by atoms with Crippen LogP contribution in [0.4, 0.5) is 0 Å². The standard InChI is InChI=1S/C19H21NO3S3/c1-10-11(8-15(23-10)19(2,3)4)13-9-25-16(20-13)12-7-14(17(21)22-5)26-18(12)24-6/h7-9H,1-6H3. The van der Waals surface area contributed by atoms with E-state index in [1.165, 1.54) is 18.4 Å². The van der Waals surface area contributed by atoms with Gasteiger partial charge in [0.15, 0.2) is 0 Å². The van der Waals surface area contributed by atoms with Crippen LogP contribution in [0.1, 0.15) is 42.0 Å². The van der Waals surface area contributed by atoms with Crippen molar-refractivity contribution in [3.63, 3.8) is 0 Å². The lowest BCUT2D eigenvalue weighted by atomic mass is 9.93. The minimum absolute atomic E-state index is 0.0450. The molecule has 7 heteroatoms. The van der Waals surface area contributed by atoms with Crippen LogP contribution in [0.5, 0.6) is 0 Å². The minimum Gasteiger partial charge on any atom is -0.465 e. The number of esters is 1. The van der Waals surface area contributed by atoms with E-state index >= 15 is 0 Å². The molecule has 0 fully saturated rings. The summed E-state index contributed by atoms with van der Waals surface area (Å²) in [7, 11) is 1.40. The summed E-state index contributed by atoms with van der Waals surface area (Å²) in [4.78, 5) is 17.3. The Hall–Kier alpha value is -1.57. The van der Waals surface area contributed by atoms with Crippen molar-refractivity contribution in [1.82, 2.24) is 4.98 Å². The fourth-order valence-electron chi connectivity index (χ4n) is 2.50. The minimum atomic E-state index is -0.311. The first-order valence-electron chi connectivity index (χ1n) is 8.08. The first-order valence-corrected chi connectivity index (χ1v) is 11.0. The van der Waals surface area contributed by atoms with Crippen LogP contribution in [-0.2, 0) is 10.2 Å². The highest BCUT2D eigenvalue weighted by Crippen LogP contribution is 2.41. The lowest BCUT2D eigenvalue weighted by molar-refractivity contribution is 0.0606. The van der Waals surface area contributed by atoms with E-state index in [2.05, 4.69) is 26.8 Å². The molecule has 0 spiro atoms. The van der Waals surface area contributed by atoms with E-state index in [-0.39, 0.29) is 11.4 Å². The number of ether oxygens (including phenoxy) is 1. The fourth-order valence-corrected chi connectivity index (χ4v) is 5.26. The fraction of sp³-hybridized carbons (Fsp3) is 0.368. The molecule has 0 saturated heterocycles. The van der Waals surface area contributed by atoms with Crippen molar-refractivity contribution >= 4 is 40.4 Å². The number of rotatable bonds is 4. The highest BCUT2D eigenvalue weighted by atomic mass is 32.2. The number of carbonyl (C=O) groups excluding carboxylic acids is 1. The van der Waals surface area contributed by atoms with Crippen LogP contribution in [0, 0.1) is 6.92 Å². The largest absolute Gasteiger partial charge is 0.465 e. The summed E-state index contributed by atoms with van der Waals surface area (Å²) in [5.41, 5.74) is 2.86. The van der Waals surface area contributed by atoms with E-state index in [4.69, 9.17) is 14.1 Å². The summed E-state index contributed by atoms with van der Waals surface area (Å²) in [5, 5.41) is 2.94. The van der Waals surface area contributed by atoms with Gasteiger partial charge in [0.25, 0.3) is 0 Å². The van der Waals surface area contributed by atoms with Crippen LogP contribution in [0.25, 0.3) is 21.8 Å². The maximum Gasteiger partial charge on any atom is 0.348 e. The Labute approximate surface area is 165 Å². The van der Waals surface area contributed by atoms with Crippen LogP contribution in [0.3, 0.4) is 0 Å². The van der Waals surface area contributed by atoms with Crippen molar-refractivity contribution < 1.29 is 13.9 Å². The molecule has 3 rings (SSSR count). The molecule has 0 aliphatic carbocycles. The molecule has 3 aromatic heterocycles. The molecular weight excluding hydrogens is 386 g/mol. The Morgan fingerprint density at radius 1 is 1.27 bits per heavy atom. The molecule has 0 unspecified atom stereocenters. The van der Waals surface area contributed by atoms with Gasteiger partial charge in [0.1, 0.15) is 21.4 Å². The molecule has 26 heavy (non-hydrogen) atoms. The Morgan fingerprint density at radius 3 is 2.58 bits per heavy atom. The number of hydrogen-bond acceptors (Lipinski definition) is 7. The van der Waals surface area contributed by atoms with Gasteiger partial charge in [-0.15, -0.1) is 34.4 Å². The zero-order chi connectivity index (χ0) is 19.1. The zero-order valence-corrected chi connectivity index (χ0v) is 18.1. The lowest BCUT2D eigenvalue weighted by Crippen LogP contribution is -2.09. The summed E-state index contributed by atoms with van der Waals surface area (Å²) in [5.74, 6) is 1.51. The highest BCUT2D eigenvalue weighted by molar-refractivity contribution is 8.00. The molecule has 3 heterocycles. The van der Waals surface area contributed by atoms with Crippen molar-refractivity contribution in [3.05, 3.63) is 33.9 Å². The third kappa shape index (κ3) is 3.61. The summed E-state index contributed by atoms with van der Waals surface area (Å²) < 4.78 is 11.8. The molecule has 0 saturated carbocycles. The van der Waals surface area contributed by atoms with Gasteiger partial charge in [-0.2, -0.15) is 0 Å². The summed E-state index contributed by atoms with van der Waals surface area (Å²) in [6.07, 6.45) is 2.00. The number of aromatic nitrogens is 1. The molecular formula is C19H21NO3S3.